The van der Waals surface area contributed by atoms with E-state index in [1.807, 2.05) is 6.08 Å². The molecule has 3 heterocycles. The minimum atomic E-state index is 0.780. The first kappa shape index (κ1) is 10.2. The van der Waals surface area contributed by atoms with Gasteiger partial charge in [-0.05, 0) is 51.2 Å². The van der Waals surface area contributed by atoms with Gasteiger partial charge in [0.2, 0.25) is 0 Å². The Hall–Kier alpha value is -0.340. The molecule has 0 aromatic carbocycles. The number of nitrogens with zero attached hydrogens (tertiary/aromatic N) is 1. The molecule has 0 aromatic heterocycles. The van der Waals surface area contributed by atoms with Gasteiger partial charge in [-0.25, -0.2) is 0 Å². The van der Waals surface area contributed by atoms with Crippen molar-refractivity contribution >= 4 is 0 Å². The van der Waals surface area contributed by atoms with Gasteiger partial charge >= 0.3 is 0 Å². The average Bonchev–Trinajstić information content (AvgIpc) is 2.26. The van der Waals surface area contributed by atoms with Gasteiger partial charge in [0.25, 0.3) is 0 Å². The van der Waals surface area contributed by atoms with Gasteiger partial charge in [0.15, 0.2) is 0 Å². The standard InChI is InChI=1S/C12H22N2/c1-2-3-4-7-13-12-10-14-8-5-11(12)6-9-14/h2,11-13H,1,3-10H2. The maximum Gasteiger partial charge on any atom is 0.0224 e. The molecule has 2 nitrogen and oxygen atoms in total. The minimum absolute atomic E-state index is 0.780. The Kier molecular flexibility index (Phi) is 3.60. The van der Waals surface area contributed by atoms with Gasteiger partial charge in [-0.3, -0.25) is 0 Å². The lowest BCUT2D eigenvalue weighted by Gasteiger charge is -2.45. The quantitative estimate of drug-likeness (QED) is 0.529. The van der Waals surface area contributed by atoms with Crippen molar-refractivity contribution in [3.8, 4) is 0 Å². The maximum absolute atomic E-state index is 3.75. The highest BCUT2D eigenvalue weighted by atomic mass is 15.2. The van der Waals surface area contributed by atoms with Gasteiger partial charge in [-0.2, -0.15) is 0 Å². The summed E-state index contributed by atoms with van der Waals surface area (Å²) in [6.45, 7) is 8.89. The molecule has 2 heteroatoms. The van der Waals surface area contributed by atoms with Crippen molar-refractivity contribution in [3.05, 3.63) is 12.7 Å². The first-order chi connectivity index (χ1) is 6.90. The predicted octanol–water partition coefficient (Wildman–Crippen LogP) is 1.64. The van der Waals surface area contributed by atoms with E-state index in [1.54, 1.807) is 0 Å². The molecular formula is C12H22N2. The zero-order valence-electron chi connectivity index (χ0n) is 9.04. The zero-order chi connectivity index (χ0) is 9.80. The van der Waals surface area contributed by atoms with Crippen LogP contribution in [-0.2, 0) is 0 Å². The lowest BCUT2D eigenvalue weighted by molar-refractivity contribution is 0.0728. The Morgan fingerprint density at radius 2 is 2.14 bits per heavy atom. The van der Waals surface area contributed by atoms with Crippen LogP contribution in [0.5, 0.6) is 0 Å². The van der Waals surface area contributed by atoms with Crippen LogP contribution >= 0.6 is 0 Å². The molecule has 0 radical (unpaired) electrons. The van der Waals surface area contributed by atoms with E-state index in [4.69, 9.17) is 0 Å². The molecule has 80 valence electrons. The van der Waals surface area contributed by atoms with E-state index in [0.29, 0.717) is 0 Å². The molecule has 0 saturated carbocycles. The van der Waals surface area contributed by atoms with Gasteiger partial charge in [0.1, 0.15) is 0 Å². The van der Waals surface area contributed by atoms with E-state index in [9.17, 15) is 0 Å². The van der Waals surface area contributed by atoms with Crippen molar-refractivity contribution < 1.29 is 0 Å². The van der Waals surface area contributed by atoms with Crippen LogP contribution in [0.15, 0.2) is 12.7 Å². The number of fused-ring (bicyclic) bond motifs is 3. The van der Waals surface area contributed by atoms with E-state index >= 15 is 0 Å². The second-order valence-electron chi connectivity index (χ2n) is 4.63. The third-order valence-electron chi connectivity index (χ3n) is 3.65. The van der Waals surface area contributed by atoms with Crippen molar-refractivity contribution in [3.63, 3.8) is 0 Å². The highest BCUT2D eigenvalue weighted by Gasteiger charge is 2.33. The Bertz CT molecular complexity index is 183. The summed E-state index contributed by atoms with van der Waals surface area (Å²) in [5, 5.41) is 3.70. The maximum atomic E-state index is 3.75. The van der Waals surface area contributed by atoms with E-state index < -0.39 is 0 Å². The zero-order valence-corrected chi connectivity index (χ0v) is 9.04. The van der Waals surface area contributed by atoms with E-state index in [-0.39, 0.29) is 0 Å². The molecule has 3 rings (SSSR count). The third-order valence-corrected chi connectivity index (χ3v) is 3.65. The highest BCUT2D eigenvalue weighted by molar-refractivity contribution is 4.90. The fourth-order valence-electron chi connectivity index (χ4n) is 2.73. The molecule has 1 unspecified atom stereocenters. The van der Waals surface area contributed by atoms with Gasteiger partial charge in [0.05, 0.1) is 0 Å². The Balaban J connectivity index is 1.68. The Morgan fingerprint density at radius 3 is 2.71 bits per heavy atom. The normalized spacial score (nSPS) is 35.9. The molecular weight excluding hydrogens is 172 g/mol. The van der Waals surface area contributed by atoms with Crippen LogP contribution in [-0.4, -0.2) is 37.1 Å². The molecule has 3 aliphatic heterocycles. The average molecular weight is 194 g/mol. The lowest BCUT2D eigenvalue weighted by atomic mass is 9.84. The minimum Gasteiger partial charge on any atom is -0.312 e. The van der Waals surface area contributed by atoms with E-state index in [1.165, 1.54) is 45.4 Å². The topological polar surface area (TPSA) is 15.3 Å². The molecule has 2 bridgehead atoms. The number of unbranched alkanes of at least 4 members (excludes halogenated alkanes) is 1. The summed E-state index contributed by atoms with van der Waals surface area (Å²) in [7, 11) is 0. The van der Waals surface area contributed by atoms with Crippen LogP contribution in [0.25, 0.3) is 0 Å². The van der Waals surface area contributed by atoms with Crippen LogP contribution in [0.1, 0.15) is 25.7 Å². The molecule has 3 aliphatic rings. The van der Waals surface area contributed by atoms with Crippen LogP contribution in [0.2, 0.25) is 0 Å². The molecule has 3 fully saturated rings. The van der Waals surface area contributed by atoms with Gasteiger partial charge < -0.3 is 10.2 Å². The predicted molar refractivity (Wildman–Crippen MR) is 60.4 cm³/mol. The largest absolute Gasteiger partial charge is 0.312 e. The molecule has 14 heavy (non-hydrogen) atoms. The number of nitrogens with one attached hydrogen (secondary N) is 1. The Labute approximate surface area is 87.4 Å². The van der Waals surface area contributed by atoms with Crippen molar-refractivity contribution in [1.82, 2.24) is 10.2 Å². The molecule has 1 atom stereocenters. The monoisotopic (exact) mass is 194 g/mol. The van der Waals surface area contributed by atoms with Crippen LogP contribution < -0.4 is 5.32 Å². The molecule has 0 aliphatic carbocycles. The second-order valence-corrected chi connectivity index (χ2v) is 4.63. The molecule has 3 saturated heterocycles. The van der Waals surface area contributed by atoms with Crippen molar-refractivity contribution in [2.75, 3.05) is 26.2 Å². The SMILES string of the molecule is C=CCCCNC1CN2CCC1CC2. The van der Waals surface area contributed by atoms with Crippen LogP contribution in [0.4, 0.5) is 0 Å². The van der Waals surface area contributed by atoms with E-state index in [0.717, 1.165) is 18.4 Å². The van der Waals surface area contributed by atoms with Crippen molar-refractivity contribution in [1.29, 1.82) is 0 Å². The fraction of sp³-hybridized carbons (Fsp3) is 0.833. The summed E-state index contributed by atoms with van der Waals surface area (Å²) in [6, 6.07) is 0.780. The molecule has 0 aromatic rings. The van der Waals surface area contributed by atoms with E-state index in [2.05, 4.69) is 16.8 Å². The number of hydrogen-bond acceptors (Lipinski definition) is 2. The third kappa shape index (κ3) is 2.37. The number of piperidine rings is 3. The number of allylic oxidation sites excluding steroid dienone is 1. The van der Waals surface area contributed by atoms with Crippen LogP contribution in [0.3, 0.4) is 0 Å². The summed E-state index contributed by atoms with van der Waals surface area (Å²) < 4.78 is 0. The molecule has 0 spiro atoms. The van der Waals surface area contributed by atoms with Gasteiger partial charge in [-0.1, -0.05) is 6.08 Å². The second kappa shape index (κ2) is 4.94. The van der Waals surface area contributed by atoms with Gasteiger partial charge in [0, 0.05) is 12.6 Å². The number of rotatable bonds is 5. The first-order valence-electron chi connectivity index (χ1n) is 5.97. The summed E-state index contributed by atoms with van der Waals surface area (Å²) in [6.07, 6.45) is 7.23. The van der Waals surface area contributed by atoms with Crippen molar-refractivity contribution in [2.45, 2.75) is 31.7 Å². The summed E-state index contributed by atoms with van der Waals surface area (Å²) in [5.74, 6) is 0.962. The molecule has 1 N–H and O–H groups in total. The summed E-state index contributed by atoms with van der Waals surface area (Å²) in [4.78, 5) is 2.60. The molecule has 0 amide bonds. The van der Waals surface area contributed by atoms with Gasteiger partial charge in [-0.15, -0.1) is 6.58 Å². The van der Waals surface area contributed by atoms with Crippen molar-refractivity contribution in [2.24, 2.45) is 5.92 Å². The Morgan fingerprint density at radius 1 is 1.36 bits per heavy atom. The lowest BCUT2D eigenvalue weighted by Crippen LogP contribution is -2.56. The van der Waals surface area contributed by atoms with Crippen LogP contribution in [0, 0.1) is 5.92 Å². The number of hydrogen-bond donors (Lipinski definition) is 1. The smallest absolute Gasteiger partial charge is 0.0224 e. The summed E-state index contributed by atoms with van der Waals surface area (Å²) >= 11 is 0. The highest BCUT2D eigenvalue weighted by Crippen LogP contribution is 2.27. The summed E-state index contributed by atoms with van der Waals surface area (Å²) in [5.41, 5.74) is 0. The first-order valence-corrected chi connectivity index (χ1v) is 5.97. The fourth-order valence-corrected chi connectivity index (χ4v) is 2.73.